The van der Waals surface area contributed by atoms with Crippen molar-refractivity contribution in [2.75, 3.05) is 37.4 Å². The average Bonchev–Trinajstić information content (AvgIpc) is 3.09. The standard InChI is InChI=1S/C30H38ClFN4O6S/c31-21-8-6-19(7-9-21)27(20-12-14-42-15-13-20)28(35-30(38)39)29(37)34-26-5-1-4-25(32)24(26)11-10-23-17-33-22-3-2-16-43(40,41)36(23)18-22/h1,4-9,20,22-23,27-28,33,35H,2-3,10-18H2,(H,34,37)(H,38,39). The fourth-order valence-electron chi connectivity index (χ4n) is 6.64. The van der Waals surface area contributed by atoms with E-state index in [1.807, 2.05) is 0 Å². The average molecular weight is 637 g/mol. The van der Waals surface area contributed by atoms with Crippen LogP contribution in [0.15, 0.2) is 42.5 Å². The summed E-state index contributed by atoms with van der Waals surface area (Å²) in [6, 6.07) is 9.94. The number of carbonyl (C=O) groups is 2. The van der Waals surface area contributed by atoms with E-state index in [2.05, 4.69) is 16.0 Å². The Morgan fingerprint density at radius 3 is 2.60 bits per heavy atom. The Bertz CT molecular complexity index is 1410. The Balaban J connectivity index is 1.39. The number of nitrogens with zero attached hydrogens (tertiary/aromatic N) is 1. The van der Waals surface area contributed by atoms with Crippen molar-refractivity contribution in [3.63, 3.8) is 0 Å². The van der Waals surface area contributed by atoms with Crippen molar-refractivity contribution in [1.82, 2.24) is 14.9 Å². The number of fused-ring (bicyclic) bond motifs is 2. The van der Waals surface area contributed by atoms with Gasteiger partial charge in [0.1, 0.15) is 11.9 Å². The van der Waals surface area contributed by atoms with Crippen LogP contribution < -0.4 is 16.0 Å². The number of anilines is 1. The maximum atomic E-state index is 15.3. The molecule has 0 saturated carbocycles. The van der Waals surface area contributed by atoms with Gasteiger partial charge in [0.15, 0.2) is 0 Å². The lowest BCUT2D eigenvalue weighted by atomic mass is 9.76. The highest BCUT2D eigenvalue weighted by atomic mass is 35.5. The lowest BCUT2D eigenvalue weighted by Crippen LogP contribution is -2.57. The second kappa shape index (κ2) is 13.9. The molecule has 2 amide bonds. The molecule has 3 heterocycles. The van der Waals surface area contributed by atoms with Gasteiger partial charge in [0.2, 0.25) is 15.9 Å². The summed E-state index contributed by atoms with van der Waals surface area (Å²) in [5.74, 6) is -1.62. The first kappa shape index (κ1) is 31.6. The molecule has 10 nitrogen and oxygen atoms in total. The third-order valence-electron chi connectivity index (χ3n) is 8.82. The number of halogens is 2. The zero-order chi connectivity index (χ0) is 30.6. The van der Waals surface area contributed by atoms with Gasteiger partial charge in [-0.15, -0.1) is 0 Å². The molecule has 3 saturated heterocycles. The minimum Gasteiger partial charge on any atom is -0.465 e. The molecule has 5 rings (SSSR count). The molecule has 3 aliphatic rings. The summed E-state index contributed by atoms with van der Waals surface area (Å²) in [4.78, 5) is 25.8. The van der Waals surface area contributed by atoms with E-state index in [-0.39, 0.29) is 41.4 Å². The van der Waals surface area contributed by atoms with Crippen LogP contribution in [-0.4, -0.2) is 80.0 Å². The summed E-state index contributed by atoms with van der Waals surface area (Å²) in [6.45, 7) is 1.86. The number of nitrogens with one attached hydrogen (secondary N) is 3. The van der Waals surface area contributed by atoms with Gasteiger partial charge < -0.3 is 25.8 Å². The topological polar surface area (TPSA) is 137 Å². The van der Waals surface area contributed by atoms with E-state index in [0.29, 0.717) is 57.0 Å². The summed E-state index contributed by atoms with van der Waals surface area (Å²) >= 11 is 6.12. The molecule has 2 bridgehead atoms. The highest BCUT2D eigenvalue weighted by Gasteiger charge is 2.39. The fraction of sp³-hybridized carbons (Fsp3) is 0.533. The first-order valence-corrected chi connectivity index (χ1v) is 16.7. The number of benzene rings is 2. The quantitative estimate of drug-likeness (QED) is 0.327. The molecule has 5 atom stereocenters. The molecule has 234 valence electrons. The van der Waals surface area contributed by atoms with Crippen molar-refractivity contribution in [3.05, 3.63) is 64.4 Å². The number of hydrogen-bond donors (Lipinski definition) is 4. The molecule has 13 heteroatoms. The highest BCUT2D eigenvalue weighted by molar-refractivity contribution is 7.89. The Morgan fingerprint density at radius 1 is 1.14 bits per heavy atom. The number of carboxylic acid groups (broad SMARTS) is 1. The number of rotatable bonds is 9. The summed E-state index contributed by atoms with van der Waals surface area (Å²) in [5, 5.41) is 18.9. The second-order valence-corrected chi connectivity index (χ2v) is 14.0. The van der Waals surface area contributed by atoms with E-state index in [1.165, 1.54) is 12.1 Å². The van der Waals surface area contributed by atoms with Crippen molar-refractivity contribution in [1.29, 1.82) is 0 Å². The summed E-state index contributed by atoms with van der Waals surface area (Å²) < 4.78 is 48.1. The van der Waals surface area contributed by atoms with Crippen LogP contribution in [0, 0.1) is 11.7 Å². The molecule has 2 aromatic carbocycles. The van der Waals surface area contributed by atoms with Gasteiger partial charge in [-0.1, -0.05) is 29.8 Å². The van der Waals surface area contributed by atoms with Gasteiger partial charge in [0.25, 0.3) is 0 Å². The summed E-state index contributed by atoms with van der Waals surface area (Å²) in [6.07, 6.45) is 1.86. The predicted octanol–water partition coefficient (Wildman–Crippen LogP) is 3.96. The Hall–Kier alpha value is -2.77. The number of sulfonamides is 1. The van der Waals surface area contributed by atoms with Crippen molar-refractivity contribution in [2.24, 2.45) is 5.92 Å². The highest BCUT2D eigenvalue weighted by Crippen LogP contribution is 2.36. The number of amides is 2. The van der Waals surface area contributed by atoms with Crippen molar-refractivity contribution in [3.8, 4) is 0 Å². The number of ether oxygens (including phenoxy) is 1. The van der Waals surface area contributed by atoms with Crippen LogP contribution in [-0.2, 0) is 26.0 Å². The van der Waals surface area contributed by atoms with E-state index in [4.69, 9.17) is 16.3 Å². The van der Waals surface area contributed by atoms with Gasteiger partial charge in [0, 0.05) is 60.6 Å². The number of hydrogen-bond acceptors (Lipinski definition) is 6. The van der Waals surface area contributed by atoms with E-state index >= 15 is 4.39 Å². The summed E-state index contributed by atoms with van der Waals surface area (Å²) in [7, 11) is -3.41. The normalized spacial score (nSPS) is 25.2. The molecule has 4 N–H and O–H groups in total. The minimum atomic E-state index is -3.41. The molecule has 3 fully saturated rings. The van der Waals surface area contributed by atoms with Crippen LogP contribution in [0.4, 0.5) is 14.9 Å². The molecule has 5 unspecified atom stereocenters. The van der Waals surface area contributed by atoms with Gasteiger partial charge in [-0.3, -0.25) is 4.79 Å². The SMILES string of the molecule is O=C(O)NC(C(=O)Nc1cccc(F)c1CCC1CNC2CCCS(=O)(=O)N1C2)C(c1ccc(Cl)cc1)C1CCOCC1. The number of carbonyl (C=O) groups excluding carboxylic acids is 1. The molecule has 0 aromatic heterocycles. The molecular weight excluding hydrogens is 599 g/mol. The maximum absolute atomic E-state index is 15.3. The van der Waals surface area contributed by atoms with Gasteiger partial charge in [0.05, 0.1) is 5.75 Å². The van der Waals surface area contributed by atoms with Gasteiger partial charge >= 0.3 is 6.09 Å². The van der Waals surface area contributed by atoms with Crippen LogP contribution in [0.25, 0.3) is 0 Å². The van der Waals surface area contributed by atoms with Gasteiger partial charge in [-0.25, -0.2) is 17.6 Å². The predicted molar refractivity (Wildman–Crippen MR) is 161 cm³/mol. The van der Waals surface area contributed by atoms with Gasteiger partial charge in [-0.2, -0.15) is 4.31 Å². The molecule has 3 aliphatic heterocycles. The van der Waals surface area contributed by atoms with Crippen LogP contribution in [0.1, 0.15) is 49.1 Å². The lowest BCUT2D eigenvalue weighted by Gasteiger charge is -2.37. The smallest absolute Gasteiger partial charge is 0.405 e. The Kier molecular flexibility index (Phi) is 10.2. The van der Waals surface area contributed by atoms with Crippen molar-refractivity contribution >= 4 is 39.3 Å². The van der Waals surface area contributed by atoms with Gasteiger partial charge in [-0.05, 0) is 74.3 Å². The van der Waals surface area contributed by atoms with Crippen molar-refractivity contribution in [2.45, 2.75) is 62.6 Å². The molecular formula is C30H38ClFN4O6S. The van der Waals surface area contributed by atoms with Crippen LogP contribution in [0.3, 0.4) is 0 Å². The monoisotopic (exact) mass is 636 g/mol. The van der Waals surface area contributed by atoms with E-state index in [1.54, 1.807) is 34.6 Å². The van der Waals surface area contributed by atoms with Crippen LogP contribution in [0.2, 0.25) is 5.02 Å². The molecule has 0 aliphatic carbocycles. The summed E-state index contributed by atoms with van der Waals surface area (Å²) in [5.41, 5.74) is 1.23. The zero-order valence-electron chi connectivity index (χ0n) is 23.8. The Labute approximate surface area is 256 Å². The number of piperazine rings is 1. The van der Waals surface area contributed by atoms with E-state index < -0.39 is 39.8 Å². The van der Waals surface area contributed by atoms with Crippen molar-refractivity contribution < 1.29 is 32.2 Å². The van der Waals surface area contributed by atoms with Crippen LogP contribution >= 0.6 is 11.6 Å². The zero-order valence-corrected chi connectivity index (χ0v) is 25.4. The third kappa shape index (κ3) is 7.66. The van der Waals surface area contributed by atoms with E-state index in [9.17, 15) is 23.1 Å². The third-order valence-corrected chi connectivity index (χ3v) is 11.0. The largest absolute Gasteiger partial charge is 0.465 e. The van der Waals surface area contributed by atoms with E-state index in [0.717, 1.165) is 12.0 Å². The first-order valence-electron chi connectivity index (χ1n) is 14.8. The Morgan fingerprint density at radius 2 is 1.88 bits per heavy atom. The molecule has 0 spiro atoms. The molecule has 2 aromatic rings. The lowest BCUT2D eigenvalue weighted by molar-refractivity contribution is -0.119. The molecule has 0 radical (unpaired) electrons. The first-order chi connectivity index (χ1) is 20.6. The van der Waals surface area contributed by atoms with Crippen LogP contribution in [0.5, 0.6) is 0 Å². The minimum absolute atomic E-state index is 0.0530. The fourth-order valence-corrected chi connectivity index (χ4v) is 8.58. The second-order valence-electron chi connectivity index (χ2n) is 11.5. The maximum Gasteiger partial charge on any atom is 0.405 e. The molecule has 43 heavy (non-hydrogen) atoms.